The van der Waals surface area contributed by atoms with Crippen molar-refractivity contribution in [2.75, 3.05) is 38.2 Å². The molecule has 0 unspecified atom stereocenters. The molecule has 0 aliphatic carbocycles. The fraction of sp³-hybridized carbons (Fsp3) is 0.259. The molecule has 8 nitrogen and oxygen atoms in total. The summed E-state index contributed by atoms with van der Waals surface area (Å²) >= 11 is 0. The third-order valence-corrected chi connectivity index (χ3v) is 6.40. The van der Waals surface area contributed by atoms with Crippen LogP contribution in [0.5, 0.6) is 5.75 Å². The Balaban J connectivity index is 1.34. The first-order valence-corrected chi connectivity index (χ1v) is 11.9. The number of benzene rings is 2. The van der Waals surface area contributed by atoms with Crippen LogP contribution < -0.4 is 9.64 Å². The van der Waals surface area contributed by atoms with Crippen molar-refractivity contribution in [2.24, 2.45) is 0 Å². The van der Waals surface area contributed by atoms with Crippen molar-refractivity contribution >= 4 is 11.9 Å². The lowest BCUT2D eigenvalue weighted by Crippen LogP contribution is -2.50. The third kappa shape index (κ3) is 5.28. The van der Waals surface area contributed by atoms with Gasteiger partial charge in [0.15, 0.2) is 5.75 Å². The Bertz CT molecular complexity index is 1400. The van der Waals surface area contributed by atoms with E-state index >= 15 is 0 Å². The van der Waals surface area contributed by atoms with Gasteiger partial charge < -0.3 is 19.1 Å². The molecule has 5 rings (SSSR count). The summed E-state index contributed by atoms with van der Waals surface area (Å²) in [5.74, 6) is 1.01. The van der Waals surface area contributed by atoms with Gasteiger partial charge in [0, 0.05) is 43.5 Å². The van der Waals surface area contributed by atoms with Crippen LogP contribution >= 0.6 is 0 Å². The van der Waals surface area contributed by atoms with Crippen LogP contribution in [0.3, 0.4) is 0 Å². The second-order valence-corrected chi connectivity index (χ2v) is 8.84. The van der Waals surface area contributed by atoms with Gasteiger partial charge in [-0.15, -0.1) is 0 Å². The Kier molecular flexibility index (Phi) is 6.80. The topological polar surface area (TPSA) is 76.4 Å². The van der Waals surface area contributed by atoms with Crippen LogP contribution in [0.1, 0.15) is 5.56 Å². The molecule has 0 N–H and O–H groups in total. The number of aryl methyl sites for hydroxylation is 1. The van der Waals surface area contributed by atoms with Gasteiger partial charge in [-0.2, -0.15) is 0 Å². The molecule has 1 saturated heterocycles. The fourth-order valence-electron chi connectivity index (χ4n) is 4.29. The fourth-order valence-corrected chi connectivity index (χ4v) is 4.29. The summed E-state index contributed by atoms with van der Waals surface area (Å²) in [6, 6.07) is 10.8. The van der Waals surface area contributed by atoms with E-state index in [4.69, 9.17) is 9.72 Å². The SMILES string of the molecule is COc1cnc(N2CCN(C(=O)Cn3cc(-c4ccc(F)c(C)c4)nc3-c3ccc(F)cc3)CC2)nc1. The average Bonchev–Trinajstić information content (AvgIpc) is 3.34. The third-order valence-electron chi connectivity index (χ3n) is 6.40. The zero-order valence-electron chi connectivity index (χ0n) is 20.6. The van der Waals surface area contributed by atoms with Crippen LogP contribution in [0.25, 0.3) is 22.6 Å². The Morgan fingerprint density at radius 1 is 0.973 bits per heavy atom. The van der Waals surface area contributed by atoms with Gasteiger partial charge in [0.2, 0.25) is 11.9 Å². The predicted octanol–water partition coefficient (Wildman–Crippen LogP) is 3.95. The van der Waals surface area contributed by atoms with Gasteiger partial charge in [0.1, 0.15) is 24.0 Å². The largest absolute Gasteiger partial charge is 0.494 e. The number of anilines is 1. The van der Waals surface area contributed by atoms with Crippen molar-refractivity contribution in [1.82, 2.24) is 24.4 Å². The highest BCUT2D eigenvalue weighted by molar-refractivity contribution is 5.78. The summed E-state index contributed by atoms with van der Waals surface area (Å²) < 4.78 is 34.3. The smallest absolute Gasteiger partial charge is 0.242 e. The standard InChI is InChI=1S/C27H26F2N6O2/c1-18-13-20(5-8-23(18)29)24-16-35(26(32-24)19-3-6-21(28)7-4-19)17-25(36)33-9-11-34(12-10-33)27-30-14-22(37-2)15-31-27/h3-8,13-16H,9-12,17H2,1-2H3. The highest BCUT2D eigenvalue weighted by Gasteiger charge is 2.24. The second kappa shape index (κ2) is 10.3. The van der Waals surface area contributed by atoms with Crippen LogP contribution in [0.15, 0.2) is 61.1 Å². The number of ether oxygens (including phenoxy) is 1. The van der Waals surface area contributed by atoms with Crippen LogP contribution in [-0.4, -0.2) is 63.6 Å². The number of piperazine rings is 1. The molecule has 0 bridgehead atoms. The molecule has 4 aromatic rings. The van der Waals surface area contributed by atoms with Crippen molar-refractivity contribution in [3.8, 4) is 28.4 Å². The number of hydrogen-bond donors (Lipinski definition) is 0. The number of carbonyl (C=O) groups excluding carboxylic acids is 1. The van der Waals surface area contributed by atoms with Gasteiger partial charge in [0.25, 0.3) is 0 Å². The average molecular weight is 505 g/mol. The molecule has 190 valence electrons. The first kappa shape index (κ1) is 24.4. The van der Waals surface area contributed by atoms with Gasteiger partial charge in [-0.05, 0) is 55.0 Å². The van der Waals surface area contributed by atoms with E-state index in [1.54, 1.807) is 66.4 Å². The number of aromatic nitrogens is 4. The number of methoxy groups -OCH3 is 1. The molecule has 1 aliphatic rings. The minimum atomic E-state index is -0.356. The van der Waals surface area contributed by atoms with E-state index < -0.39 is 0 Å². The van der Waals surface area contributed by atoms with Gasteiger partial charge in [-0.25, -0.2) is 23.7 Å². The van der Waals surface area contributed by atoms with Crippen molar-refractivity contribution in [3.05, 3.63) is 78.3 Å². The molecule has 10 heteroatoms. The maximum Gasteiger partial charge on any atom is 0.242 e. The summed E-state index contributed by atoms with van der Waals surface area (Å²) in [7, 11) is 1.56. The van der Waals surface area contributed by atoms with E-state index in [-0.39, 0.29) is 24.1 Å². The lowest BCUT2D eigenvalue weighted by Gasteiger charge is -2.34. The molecular formula is C27H26F2N6O2. The summed E-state index contributed by atoms with van der Waals surface area (Å²) in [6.07, 6.45) is 5.02. The van der Waals surface area contributed by atoms with Crippen molar-refractivity contribution in [2.45, 2.75) is 13.5 Å². The Morgan fingerprint density at radius 3 is 2.30 bits per heavy atom. The number of hydrogen-bond acceptors (Lipinski definition) is 6. The molecule has 0 atom stereocenters. The monoisotopic (exact) mass is 504 g/mol. The maximum absolute atomic E-state index is 13.8. The van der Waals surface area contributed by atoms with Crippen molar-refractivity contribution < 1.29 is 18.3 Å². The van der Waals surface area contributed by atoms with E-state index in [9.17, 15) is 13.6 Å². The molecule has 0 spiro atoms. The lowest BCUT2D eigenvalue weighted by atomic mass is 10.1. The number of amides is 1. The maximum atomic E-state index is 13.8. The lowest BCUT2D eigenvalue weighted by molar-refractivity contribution is -0.132. The molecule has 1 amide bonds. The molecule has 37 heavy (non-hydrogen) atoms. The molecule has 2 aromatic heterocycles. The molecule has 1 aliphatic heterocycles. The molecule has 1 fully saturated rings. The van der Waals surface area contributed by atoms with Crippen LogP contribution in [-0.2, 0) is 11.3 Å². The second-order valence-electron chi connectivity index (χ2n) is 8.84. The molecule has 3 heterocycles. The van der Waals surface area contributed by atoms with Crippen molar-refractivity contribution in [3.63, 3.8) is 0 Å². The van der Waals surface area contributed by atoms with Crippen LogP contribution in [0, 0.1) is 18.6 Å². The first-order chi connectivity index (χ1) is 17.9. The number of carbonyl (C=O) groups is 1. The number of nitrogens with zero attached hydrogens (tertiary/aromatic N) is 6. The number of halogens is 2. The minimum Gasteiger partial charge on any atom is -0.494 e. The molecule has 0 saturated carbocycles. The van der Waals surface area contributed by atoms with Gasteiger partial charge in [-0.1, -0.05) is 0 Å². The number of rotatable bonds is 6. The highest BCUT2D eigenvalue weighted by Crippen LogP contribution is 2.27. The summed E-state index contributed by atoms with van der Waals surface area (Å²) in [5, 5.41) is 0. The summed E-state index contributed by atoms with van der Waals surface area (Å²) in [5.41, 5.74) is 2.53. The van der Waals surface area contributed by atoms with Crippen LogP contribution in [0.4, 0.5) is 14.7 Å². The van der Waals surface area contributed by atoms with Gasteiger partial charge >= 0.3 is 0 Å². The van der Waals surface area contributed by atoms with E-state index in [0.717, 1.165) is 5.56 Å². The van der Waals surface area contributed by atoms with Crippen LogP contribution in [0.2, 0.25) is 0 Å². The number of imidazole rings is 1. The highest BCUT2D eigenvalue weighted by atomic mass is 19.1. The predicted molar refractivity (Wildman–Crippen MR) is 135 cm³/mol. The van der Waals surface area contributed by atoms with Gasteiger partial charge in [-0.3, -0.25) is 4.79 Å². The Hall–Kier alpha value is -4.34. The quantitative estimate of drug-likeness (QED) is 0.396. The van der Waals surface area contributed by atoms with E-state index in [2.05, 4.69) is 9.97 Å². The zero-order chi connectivity index (χ0) is 25.9. The Morgan fingerprint density at radius 2 is 1.65 bits per heavy atom. The summed E-state index contributed by atoms with van der Waals surface area (Å²) in [6.45, 7) is 4.02. The summed E-state index contributed by atoms with van der Waals surface area (Å²) in [4.78, 5) is 30.5. The van der Waals surface area contributed by atoms with Crippen molar-refractivity contribution in [1.29, 1.82) is 0 Å². The normalized spacial score (nSPS) is 13.6. The first-order valence-electron chi connectivity index (χ1n) is 11.9. The molecule has 0 radical (unpaired) electrons. The van der Waals surface area contributed by atoms with E-state index in [0.29, 0.717) is 60.5 Å². The Labute approximate surface area is 213 Å². The van der Waals surface area contributed by atoms with E-state index in [1.807, 2.05) is 4.90 Å². The minimum absolute atomic E-state index is 0.0575. The van der Waals surface area contributed by atoms with E-state index in [1.165, 1.54) is 18.2 Å². The molecule has 2 aromatic carbocycles. The molecular weight excluding hydrogens is 478 g/mol. The van der Waals surface area contributed by atoms with Gasteiger partial charge in [0.05, 0.1) is 25.2 Å². The zero-order valence-corrected chi connectivity index (χ0v) is 20.6.